The molecule has 1 aliphatic heterocycles. The first-order valence-corrected chi connectivity index (χ1v) is 12.2. The second kappa shape index (κ2) is 8.47. The van der Waals surface area contributed by atoms with Gasteiger partial charge in [-0.2, -0.15) is 8.78 Å². The molecule has 0 aliphatic carbocycles. The van der Waals surface area contributed by atoms with Crippen molar-refractivity contribution in [3.63, 3.8) is 0 Å². The van der Waals surface area contributed by atoms with Crippen LogP contribution >= 0.6 is 11.3 Å². The summed E-state index contributed by atoms with van der Waals surface area (Å²) in [5, 5.41) is 3.17. The van der Waals surface area contributed by atoms with Gasteiger partial charge in [0.25, 0.3) is 5.91 Å². The van der Waals surface area contributed by atoms with Crippen molar-refractivity contribution < 1.29 is 26.7 Å². The largest absolute Gasteiger partial charge is 0.435 e. The van der Waals surface area contributed by atoms with Gasteiger partial charge >= 0.3 is 6.61 Å². The summed E-state index contributed by atoms with van der Waals surface area (Å²) in [6.45, 7) is -0.686. The summed E-state index contributed by atoms with van der Waals surface area (Å²) in [5.74, 6) is -0.303. The molecule has 2 heterocycles. The highest BCUT2D eigenvalue weighted by Gasteiger charge is 2.27. The minimum absolute atomic E-state index is 0.0520. The van der Waals surface area contributed by atoms with Crippen molar-refractivity contribution in [2.24, 2.45) is 0 Å². The molecular formula is C21H19F2N3O4S2. The van der Waals surface area contributed by atoms with Crippen LogP contribution in [0.3, 0.4) is 0 Å². The molecule has 0 spiro atoms. The van der Waals surface area contributed by atoms with Crippen molar-refractivity contribution in [3.8, 4) is 17.0 Å². The number of nitrogens with one attached hydrogen (secondary N) is 1. The molecule has 11 heteroatoms. The molecule has 7 nitrogen and oxygen atoms in total. The van der Waals surface area contributed by atoms with E-state index >= 15 is 0 Å². The van der Waals surface area contributed by atoms with Crippen molar-refractivity contribution in [2.75, 3.05) is 22.4 Å². The van der Waals surface area contributed by atoms with E-state index in [0.717, 1.165) is 16.7 Å². The molecule has 2 aromatic carbocycles. The van der Waals surface area contributed by atoms with E-state index < -0.39 is 16.6 Å². The summed E-state index contributed by atoms with van der Waals surface area (Å²) in [6, 6.07) is 11.0. The third-order valence-corrected chi connectivity index (χ3v) is 7.03. The maximum absolute atomic E-state index is 12.7. The number of hydrogen-bond acceptors (Lipinski definition) is 6. The predicted octanol–water partition coefficient (Wildman–Crippen LogP) is 4.29. The fourth-order valence-electron chi connectivity index (χ4n) is 3.54. The minimum atomic E-state index is -3.36. The van der Waals surface area contributed by atoms with Gasteiger partial charge in [0.05, 0.1) is 17.6 Å². The topological polar surface area (TPSA) is 88.6 Å². The van der Waals surface area contributed by atoms with Crippen molar-refractivity contribution in [3.05, 3.63) is 58.5 Å². The minimum Gasteiger partial charge on any atom is -0.435 e. The zero-order valence-electron chi connectivity index (χ0n) is 17.1. The lowest BCUT2D eigenvalue weighted by molar-refractivity contribution is -0.0498. The Hall–Kier alpha value is -3.05. The number of benzene rings is 2. The van der Waals surface area contributed by atoms with Gasteiger partial charge in [-0.1, -0.05) is 0 Å². The van der Waals surface area contributed by atoms with Crippen LogP contribution in [0, 0.1) is 6.92 Å². The number of aromatic nitrogens is 1. The van der Waals surface area contributed by atoms with Crippen molar-refractivity contribution in [1.82, 2.24) is 4.98 Å². The first-order valence-electron chi connectivity index (χ1n) is 9.56. The summed E-state index contributed by atoms with van der Waals surface area (Å²) in [6.07, 6.45) is 1.69. The van der Waals surface area contributed by atoms with Crippen molar-refractivity contribution in [1.29, 1.82) is 0 Å². The fourth-order valence-corrected chi connectivity index (χ4v) is 5.33. The lowest BCUT2D eigenvalue weighted by Crippen LogP contribution is -2.27. The fraction of sp³-hybridized carbons (Fsp3) is 0.238. The molecule has 0 bridgehead atoms. The molecule has 0 atom stereocenters. The monoisotopic (exact) mass is 479 g/mol. The van der Waals surface area contributed by atoms with E-state index in [-0.39, 0.29) is 11.7 Å². The van der Waals surface area contributed by atoms with E-state index in [1.54, 1.807) is 30.3 Å². The van der Waals surface area contributed by atoms with Gasteiger partial charge in [0.15, 0.2) is 5.13 Å². The van der Waals surface area contributed by atoms with Crippen LogP contribution in [-0.2, 0) is 16.4 Å². The number of alkyl halides is 2. The normalized spacial score (nSPS) is 13.3. The van der Waals surface area contributed by atoms with Gasteiger partial charge in [0.1, 0.15) is 5.75 Å². The number of fused-ring (bicyclic) bond motifs is 1. The molecule has 1 aromatic heterocycles. The van der Waals surface area contributed by atoms with Crippen LogP contribution in [0.15, 0.2) is 42.5 Å². The van der Waals surface area contributed by atoms with Gasteiger partial charge in [-0.15, -0.1) is 11.3 Å². The zero-order chi connectivity index (χ0) is 23.0. The molecule has 3 aromatic rings. The number of sulfonamides is 1. The number of nitrogens with zero attached hydrogens (tertiary/aromatic N) is 2. The number of hydrogen-bond donors (Lipinski definition) is 1. The number of rotatable bonds is 6. The molecule has 0 fully saturated rings. The number of anilines is 2. The van der Waals surface area contributed by atoms with Gasteiger partial charge in [-0.3, -0.25) is 14.4 Å². The SMILES string of the molecule is Cc1sc(NC(=O)c2ccc3c(c2)CCN3S(C)(=O)=O)nc1-c1ccc(OC(F)F)cc1. The highest BCUT2D eigenvalue weighted by atomic mass is 32.2. The second-order valence-corrected chi connectivity index (χ2v) is 10.3. The Bertz CT molecular complexity index is 1270. The van der Waals surface area contributed by atoms with Gasteiger partial charge in [-0.05, 0) is 61.4 Å². The number of halogens is 2. The number of ether oxygens (including phenoxy) is 1. The average Bonchev–Trinajstić information content (AvgIpc) is 3.30. The summed E-state index contributed by atoms with van der Waals surface area (Å²) >= 11 is 1.29. The molecule has 168 valence electrons. The Morgan fingerprint density at radius 1 is 1.22 bits per heavy atom. The molecular weight excluding hydrogens is 460 g/mol. The predicted molar refractivity (Wildman–Crippen MR) is 119 cm³/mol. The van der Waals surface area contributed by atoms with Crippen molar-refractivity contribution >= 4 is 38.1 Å². The van der Waals surface area contributed by atoms with Gasteiger partial charge < -0.3 is 4.74 Å². The second-order valence-electron chi connectivity index (χ2n) is 7.21. The van der Waals surface area contributed by atoms with Gasteiger partial charge in [0, 0.05) is 22.5 Å². The first kappa shape index (κ1) is 22.2. The Morgan fingerprint density at radius 3 is 2.59 bits per heavy atom. The Labute approximate surface area is 187 Å². The Morgan fingerprint density at radius 2 is 1.94 bits per heavy atom. The van der Waals surface area contributed by atoms with Crippen LogP contribution in [-0.4, -0.2) is 38.7 Å². The quantitative estimate of drug-likeness (QED) is 0.570. The zero-order valence-corrected chi connectivity index (χ0v) is 18.8. The van der Waals surface area contributed by atoms with Crippen LogP contribution in [0.5, 0.6) is 5.75 Å². The lowest BCUT2D eigenvalue weighted by Gasteiger charge is -2.16. The molecule has 0 unspecified atom stereocenters. The standard InChI is InChI=1S/C21H19F2N3O4S2/c1-12-18(13-3-6-16(7-4-13)30-20(22)23)24-21(31-12)25-19(27)15-5-8-17-14(11-15)9-10-26(17)32(2,28)29/h3-8,11,20H,9-10H2,1-2H3,(H,24,25,27). The average molecular weight is 480 g/mol. The van der Waals surface area contributed by atoms with Crippen molar-refractivity contribution in [2.45, 2.75) is 20.0 Å². The molecule has 0 saturated heterocycles. The van der Waals surface area contributed by atoms with E-state index in [4.69, 9.17) is 0 Å². The third-order valence-electron chi connectivity index (χ3n) is 4.96. The molecule has 0 saturated carbocycles. The van der Waals surface area contributed by atoms with E-state index in [1.165, 1.54) is 27.8 Å². The lowest BCUT2D eigenvalue weighted by atomic mass is 10.1. The maximum Gasteiger partial charge on any atom is 0.387 e. The summed E-state index contributed by atoms with van der Waals surface area (Å²) in [7, 11) is -3.36. The molecule has 1 aliphatic rings. The maximum atomic E-state index is 12.7. The van der Waals surface area contributed by atoms with Crippen LogP contribution < -0.4 is 14.4 Å². The van der Waals surface area contributed by atoms with E-state index in [1.807, 2.05) is 6.92 Å². The summed E-state index contributed by atoms with van der Waals surface area (Å²) in [5.41, 5.74) is 3.13. The van der Waals surface area contributed by atoms with Gasteiger partial charge in [-0.25, -0.2) is 13.4 Å². The number of aryl methyl sites for hydroxylation is 1. The van der Waals surface area contributed by atoms with Crippen LogP contribution in [0.4, 0.5) is 19.6 Å². The highest BCUT2D eigenvalue weighted by molar-refractivity contribution is 7.92. The van der Waals surface area contributed by atoms with E-state index in [9.17, 15) is 22.0 Å². The number of amides is 1. The molecule has 4 rings (SSSR count). The molecule has 1 amide bonds. The van der Waals surface area contributed by atoms with Crippen LogP contribution in [0.2, 0.25) is 0 Å². The Balaban J connectivity index is 1.50. The molecule has 0 radical (unpaired) electrons. The number of carbonyl (C=O) groups excluding carboxylic acids is 1. The van der Waals surface area contributed by atoms with E-state index in [0.29, 0.717) is 40.6 Å². The van der Waals surface area contributed by atoms with Crippen LogP contribution in [0.25, 0.3) is 11.3 Å². The molecule has 1 N–H and O–H groups in total. The third kappa shape index (κ3) is 4.58. The van der Waals surface area contributed by atoms with Gasteiger partial charge in [0.2, 0.25) is 10.0 Å². The first-order chi connectivity index (χ1) is 15.1. The van der Waals surface area contributed by atoms with Crippen LogP contribution in [0.1, 0.15) is 20.8 Å². The molecule has 32 heavy (non-hydrogen) atoms. The Kier molecular flexibility index (Phi) is 5.87. The smallest absolute Gasteiger partial charge is 0.387 e. The number of carbonyl (C=O) groups is 1. The highest BCUT2D eigenvalue weighted by Crippen LogP contribution is 2.33. The van der Waals surface area contributed by atoms with E-state index in [2.05, 4.69) is 15.0 Å². The summed E-state index contributed by atoms with van der Waals surface area (Å²) in [4.78, 5) is 18.0. The number of thiazole rings is 1. The summed E-state index contributed by atoms with van der Waals surface area (Å²) < 4.78 is 54.1.